The number of hydrogen-bond acceptors (Lipinski definition) is 2. The van der Waals surface area contributed by atoms with E-state index in [1.165, 1.54) is 24.3 Å². The van der Waals surface area contributed by atoms with Gasteiger partial charge in [0, 0.05) is 15.7 Å². The number of carbonyl (C=O) groups excluding carboxylic acids is 2. The number of anilines is 1. The topological polar surface area (TPSA) is 58.2 Å². The molecular weight excluding hydrogens is 354 g/mol. The van der Waals surface area contributed by atoms with Gasteiger partial charge < -0.3 is 5.32 Å². The van der Waals surface area contributed by atoms with Gasteiger partial charge in [-0.1, -0.05) is 34.8 Å². The Hall–Kier alpha value is -1.82. The lowest BCUT2D eigenvalue weighted by molar-refractivity contribution is 0.0967. The molecule has 2 aromatic carbocycles. The lowest BCUT2D eigenvalue weighted by Gasteiger charge is -2.08. The summed E-state index contributed by atoms with van der Waals surface area (Å²) in [5.74, 6) is -1.35. The normalized spacial score (nSPS) is 10.2. The number of nitrogens with one attached hydrogen (secondary N) is 2. The molecule has 0 saturated carbocycles. The molecular formula is C14H8Cl3FN2O2. The zero-order chi connectivity index (χ0) is 16.3. The van der Waals surface area contributed by atoms with Crippen molar-refractivity contribution in [3.8, 4) is 0 Å². The van der Waals surface area contributed by atoms with Crippen LogP contribution in [0.25, 0.3) is 0 Å². The monoisotopic (exact) mass is 360 g/mol. The van der Waals surface area contributed by atoms with Crippen LogP contribution in [0.3, 0.4) is 0 Å². The van der Waals surface area contributed by atoms with E-state index in [0.29, 0.717) is 15.7 Å². The summed E-state index contributed by atoms with van der Waals surface area (Å²) in [5, 5.41) is 5.02. The molecule has 0 aliphatic heterocycles. The third-order valence-corrected chi connectivity index (χ3v) is 3.27. The molecule has 2 rings (SSSR count). The quantitative estimate of drug-likeness (QED) is 0.811. The highest BCUT2D eigenvalue weighted by molar-refractivity contribution is 6.35. The first-order chi connectivity index (χ1) is 10.3. The molecule has 0 aromatic heterocycles. The van der Waals surface area contributed by atoms with Gasteiger partial charge in [0.2, 0.25) is 0 Å². The van der Waals surface area contributed by atoms with Crippen molar-refractivity contribution in [1.29, 1.82) is 0 Å². The first kappa shape index (κ1) is 16.5. The molecule has 3 amide bonds. The molecule has 0 aliphatic rings. The number of rotatable bonds is 2. The second-order valence-electron chi connectivity index (χ2n) is 4.19. The van der Waals surface area contributed by atoms with Crippen LogP contribution in [0.5, 0.6) is 0 Å². The number of hydrogen-bond donors (Lipinski definition) is 2. The van der Waals surface area contributed by atoms with Gasteiger partial charge in [-0.3, -0.25) is 10.1 Å². The van der Waals surface area contributed by atoms with Gasteiger partial charge in [-0.05, 0) is 36.4 Å². The molecule has 4 nitrogen and oxygen atoms in total. The summed E-state index contributed by atoms with van der Waals surface area (Å²) in [6.07, 6.45) is 0. The maximum atomic E-state index is 12.9. The van der Waals surface area contributed by atoms with Crippen molar-refractivity contribution in [3.05, 3.63) is 62.8 Å². The predicted octanol–water partition coefficient (Wildman–Crippen LogP) is 4.75. The van der Waals surface area contributed by atoms with E-state index in [0.717, 1.165) is 12.1 Å². The van der Waals surface area contributed by atoms with E-state index < -0.39 is 17.8 Å². The Kier molecular flexibility index (Phi) is 5.24. The average Bonchev–Trinajstić information content (AvgIpc) is 2.36. The van der Waals surface area contributed by atoms with E-state index in [1.807, 2.05) is 0 Å². The molecule has 0 atom stereocenters. The molecule has 0 fully saturated rings. The fraction of sp³-hybridized carbons (Fsp3) is 0. The Morgan fingerprint density at radius 2 is 1.59 bits per heavy atom. The summed E-state index contributed by atoms with van der Waals surface area (Å²) in [4.78, 5) is 23.6. The highest BCUT2D eigenvalue weighted by Gasteiger charge is 2.14. The maximum absolute atomic E-state index is 12.9. The summed E-state index contributed by atoms with van der Waals surface area (Å²) < 4.78 is 12.9. The molecule has 0 aliphatic carbocycles. The minimum Gasteiger partial charge on any atom is -0.308 e. The van der Waals surface area contributed by atoms with E-state index in [-0.39, 0.29) is 10.6 Å². The first-order valence-electron chi connectivity index (χ1n) is 5.88. The van der Waals surface area contributed by atoms with Crippen LogP contribution in [0.4, 0.5) is 14.9 Å². The summed E-state index contributed by atoms with van der Waals surface area (Å²) in [7, 11) is 0. The Morgan fingerprint density at radius 1 is 0.955 bits per heavy atom. The van der Waals surface area contributed by atoms with Crippen molar-refractivity contribution in [2.24, 2.45) is 0 Å². The maximum Gasteiger partial charge on any atom is 0.326 e. The van der Waals surface area contributed by atoms with Gasteiger partial charge >= 0.3 is 6.03 Å². The standard InChI is InChI=1S/C14H8Cl3FN2O2/c15-7-3-8(16)5-10(4-7)19-14(22)20-13(21)11-2-1-9(18)6-12(11)17/h1-6H,(H2,19,20,21,22). The van der Waals surface area contributed by atoms with Gasteiger partial charge in [-0.25, -0.2) is 9.18 Å². The number of amides is 3. The van der Waals surface area contributed by atoms with Crippen LogP contribution in [-0.4, -0.2) is 11.9 Å². The molecule has 2 N–H and O–H groups in total. The molecule has 8 heteroatoms. The van der Waals surface area contributed by atoms with Crippen LogP contribution in [0.15, 0.2) is 36.4 Å². The van der Waals surface area contributed by atoms with Crippen molar-refractivity contribution in [2.75, 3.05) is 5.32 Å². The van der Waals surface area contributed by atoms with Gasteiger partial charge in [0.05, 0.1) is 10.6 Å². The molecule has 2 aromatic rings. The minimum atomic E-state index is -0.802. The molecule has 114 valence electrons. The average molecular weight is 362 g/mol. The van der Waals surface area contributed by atoms with Crippen molar-refractivity contribution >= 4 is 52.4 Å². The first-order valence-corrected chi connectivity index (χ1v) is 7.02. The Morgan fingerprint density at radius 3 is 2.18 bits per heavy atom. The fourth-order valence-corrected chi connectivity index (χ4v) is 2.41. The zero-order valence-corrected chi connectivity index (χ0v) is 13.1. The second-order valence-corrected chi connectivity index (χ2v) is 5.47. The van der Waals surface area contributed by atoms with Crippen LogP contribution in [0.2, 0.25) is 15.1 Å². The number of halogens is 4. The lowest BCUT2D eigenvalue weighted by Crippen LogP contribution is -2.34. The molecule has 0 saturated heterocycles. The van der Waals surface area contributed by atoms with Gasteiger partial charge in [0.1, 0.15) is 5.82 Å². The van der Waals surface area contributed by atoms with Crippen molar-refractivity contribution in [1.82, 2.24) is 5.32 Å². The van der Waals surface area contributed by atoms with Crippen LogP contribution < -0.4 is 10.6 Å². The predicted molar refractivity (Wildman–Crippen MR) is 84.4 cm³/mol. The highest BCUT2D eigenvalue weighted by atomic mass is 35.5. The van der Waals surface area contributed by atoms with Crippen molar-refractivity contribution in [2.45, 2.75) is 0 Å². The van der Waals surface area contributed by atoms with Crippen LogP contribution in [0, 0.1) is 5.82 Å². The Bertz CT molecular complexity index is 733. The third-order valence-electron chi connectivity index (χ3n) is 2.52. The van der Waals surface area contributed by atoms with E-state index in [4.69, 9.17) is 34.8 Å². The number of imide groups is 1. The number of benzene rings is 2. The van der Waals surface area contributed by atoms with E-state index >= 15 is 0 Å². The zero-order valence-electron chi connectivity index (χ0n) is 10.8. The number of carbonyl (C=O) groups is 2. The third kappa shape index (κ3) is 4.34. The second kappa shape index (κ2) is 6.96. The van der Waals surface area contributed by atoms with Gasteiger partial charge in [0.25, 0.3) is 5.91 Å². The minimum absolute atomic E-state index is 0.0256. The fourth-order valence-electron chi connectivity index (χ4n) is 1.63. The largest absolute Gasteiger partial charge is 0.326 e. The highest BCUT2D eigenvalue weighted by Crippen LogP contribution is 2.22. The molecule has 22 heavy (non-hydrogen) atoms. The van der Waals surface area contributed by atoms with Gasteiger partial charge in [-0.2, -0.15) is 0 Å². The van der Waals surface area contributed by atoms with Crippen LogP contribution >= 0.6 is 34.8 Å². The van der Waals surface area contributed by atoms with E-state index in [1.54, 1.807) is 0 Å². The van der Waals surface area contributed by atoms with E-state index in [9.17, 15) is 14.0 Å². The number of urea groups is 1. The molecule has 0 bridgehead atoms. The van der Waals surface area contributed by atoms with Crippen molar-refractivity contribution < 1.29 is 14.0 Å². The molecule has 0 spiro atoms. The Balaban J connectivity index is 2.06. The van der Waals surface area contributed by atoms with Gasteiger partial charge in [-0.15, -0.1) is 0 Å². The van der Waals surface area contributed by atoms with E-state index in [2.05, 4.69) is 10.6 Å². The summed E-state index contributed by atoms with van der Waals surface area (Å²) in [5.41, 5.74) is 0.287. The van der Waals surface area contributed by atoms with Crippen LogP contribution in [0.1, 0.15) is 10.4 Å². The summed E-state index contributed by atoms with van der Waals surface area (Å²) in [6.45, 7) is 0. The molecule has 0 unspecified atom stereocenters. The van der Waals surface area contributed by atoms with Crippen molar-refractivity contribution in [3.63, 3.8) is 0 Å². The van der Waals surface area contributed by atoms with Gasteiger partial charge in [0.15, 0.2) is 0 Å². The smallest absolute Gasteiger partial charge is 0.308 e. The van der Waals surface area contributed by atoms with Crippen LogP contribution in [-0.2, 0) is 0 Å². The molecule has 0 heterocycles. The SMILES string of the molecule is O=C(NC(=O)c1ccc(F)cc1Cl)Nc1cc(Cl)cc(Cl)c1. The molecule has 0 radical (unpaired) electrons. The summed E-state index contributed by atoms with van der Waals surface area (Å²) in [6, 6.07) is 6.83. The Labute approximate surface area is 140 Å². The summed E-state index contributed by atoms with van der Waals surface area (Å²) >= 11 is 17.3. The lowest BCUT2D eigenvalue weighted by atomic mass is 10.2.